The van der Waals surface area contributed by atoms with Crippen molar-refractivity contribution in [2.75, 3.05) is 5.32 Å². The number of hydrogen-bond donors (Lipinski definition) is 1. The summed E-state index contributed by atoms with van der Waals surface area (Å²) >= 11 is 1.61. The van der Waals surface area contributed by atoms with Crippen molar-refractivity contribution in [1.82, 2.24) is 19.7 Å². The number of nitrogens with one attached hydrogen (secondary N) is 1. The normalized spacial score (nSPS) is 11.0. The maximum atomic E-state index is 4.66. The summed E-state index contributed by atoms with van der Waals surface area (Å²) in [6, 6.07) is 12.2. The molecule has 3 heterocycles. The van der Waals surface area contributed by atoms with E-state index in [9.17, 15) is 0 Å². The molecule has 0 spiro atoms. The number of hydrogen-bond acceptors (Lipinski definition) is 5. The standard InChI is InChI=1S/C17H15N5S/c1-11-15(12(2)22(21-11)13-6-4-3-5-7-13)20-16-14-8-9-23-17(14)19-10-18-16/h3-10H,1-2H3,(H,18,19,20). The van der Waals surface area contributed by atoms with Crippen LogP contribution in [0.4, 0.5) is 11.5 Å². The largest absolute Gasteiger partial charge is 0.337 e. The third-order valence-corrected chi connectivity index (χ3v) is 4.62. The molecule has 0 aliphatic heterocycles. The summed E-state index contributed by atoms with van der Waals surface area (Å²) in [7, 11) is 0. The SMILES string of the molecule is Cc1nn(-c2ccccc2)c(C)c1Nc1ncnc2sccc12. The predicted octanol–water partition coefficient (Wildman–Crippen LogP) is 4.24. The number of anilines is 2. The maximum absolute atomic E-state index is 4.66. The van der Waals surface area contributed by atoms with Crippen molar-refractivity contribution in [3.05, 3.63) is 59.5 Å². The van der Waals surface area contributed by atoms with Gasteiger partial charge in [0.25, 0.3) is 0 Å². The number of para-hydroxylation sites is 1. The fourth-order valence-electron chi connectivity index (χ4n) is 2.65. The van der Waals surface area contributed by atoms with E-state index in [2.05, 4.69) is 27.3 Å². The van der Waals surface area contributed by atoms with Crippen LogP contribution in [0.2, 0.25) is 0 Å². The average Bonchev–Trinajstić information content (AvgIpc) is 3.16. The highest BCUT2D eigenvalue weighted by Crippen LogP contribution is 2.30. The summed E-state index contributed by atoms with van der Waals surface area (Å²) in [6.07, 6.45) is 1.59. The quantitative estimate of drug-likeness (QED) is 0.613. The van der Waals surface area contributed by atoms with E-state index in [0.717, 1.165) is 38.8 Å². The number of fused-ring (bicyclic) bond motifs is 1. The fraction of sp³-hybridized carbons (Fsp3) is 0.118. The zero-order valence-corrected chi connectivity index (χ0v) is 13.6. The van der Waals surface area contributed by atoms with E-state index in [-0.39, 0.29) is 0 Å². The molecular weight excluding hydrogens is 306 g/mol. The molecular formula is C17H15N5S. The number of benzene rings is 1. The Balaban J connectivity index is 1.78. The lowest BCUT2D eigenvalue weighted by Gasteiger charge is -2.08. The lowest BCUT2D eigenvalue weighted by Crippen LogP contribution is -2.00. The molecule has 0 aliphatic carbocycles. The summed E-state index contributed by atoms with van der Waals surface area (Å²) < 4.78 is 1.95. The predicted molar refractivity (Wildman–Crippen MR) is 93.7 cm³/mol. The van der Waals surface area contributed by atoms with Gasteiger partial charge in [-0.25, -0.2) is 14.6 Å². The summed E-state index contributed by atoms with van der Waals surface area (Å²) in [6.45, 7) is 4.06. The molecule has 0 unspecified atom stereocenters. The molecule has 6 heteroatoms. The van der Waals surface area contributed by atoms with Gasteiger partial charge in [0.05, 0.1) is 28.1 Å². The molecule has 0 amide bonds. The van der Waals surface area contributed by atoms with Gasteiger partial charge in [0.2, 0.25) is 0 Å². The van der Waals surface area contributed by atoms with E-state index in [1.54, 1.807) is 17.7 Å². The first-order valence-corrected chi connectivity index (χ1v) is 8.19. The van der Waals surface area contributed by atoms with Gasteiger partial charge in [-0.05, 0) is 37.4 Å². The topological polar surface area (TPSA) is 55.6 Å². The molecule has 4 rings (SSSR count). The second-order valence-corrected chi connectivity index (χ2v) is 6.17. The van der Waals surface area contributed by atoms with Crippen LogP contribution in [-0.2, 0) is 0 Å². The zero-order chi connectivity index (χ0) is 15.8. The Hall–Kier alpha value is -2.73. The van der Waals surface area contributed by atoms with Crippen LogP contribution in [0.25, 0.3) is 15.9 Å². The van der Waals surface area contributed by atoms with Crippen LogP contribution in [0.15, 0.2) is 48.1 Å². The highest BCUT2D eigenvalue weighted by atomic mass is 32.1. The first-order chi connectivity index (χ1) is 11.2. The molecule has 1 N–H and O–H groups in total. The summed E-state index contributed by atoms with van der Waals surface area (Å²) in [5.74, 6) is 0.815. The van der Waals surface area contributed by atoms with E-state index >= 15 is 0 Å². The van der Waals surface area contributed by atoms with Crippen molar-refractivity contribution in [3.8, 4) is 5.69 Å². The Morgan fingerprint density at radius 1 is 1.04 bits per heavy atom. The molecule has 1 aromatic carbocycles. The number of aryl methyl sites for hydroxylation is 1. The number of nitrogens with zero attached hydrogens (tertiary/aromatic N) is 4. The zero-order valence-electron chi connectivity index (χ0n) is 12.8. The van der Waals surface area contributed by atoms with Crippen LogP contribution in [-0.4, -0.2) is 19.7 Å². The molecule has 5 nitrogen and oxygen atoms in total. The molecule has 4 aromatic rings. The van der Waals surface area contributed by atoms with Crippen LogP contribution in [0, 0.1) is 13.8 Å². The molecule has 0 atom stereocenters. The molecule has 114 valence electrons. The first-order valence-electron chi connectivity index (χ1n) is 7.31. The lowest BCUT2D eigenvalue weighted by molar-refractivity contribution is 0.834. The Kier molecular flexibility index (Phi) is 3.31. The van der Waals surface area contributed by atoms with Gasteiger partial charge in [0, 0.05) is 0 Å². The number of thiophene rings is 1. The third kappa shape index (κ3) is 2.37. The van der Waals surface area contributed by atoms with E-state index < -0.39 is 0 Å². The van der Waals surface area contributed by atoms with E-state index in [0.29, 0.717) is 0 Å². The maximum Gasteiger partial charge on any atom is 0.142 e. The van der Waals surface area contributed by atoms with Gasteiger partial charge in [0.1, 0.15) is 17.0 Å². The molecule has 0 fully saturated rings. The van der Waals surface area contributed by atoms with E-state index in [1.807, 2.05) is 53.4 Å². The molecule has 0 saturated carbocycles. The number of aromatic nitrogens is 4. The molecule has 0 aliphatic rings. The Labute approximate surface area is 137 Å². The molecule has 23 heavy (non-hydrogen) atoms. The minimum absolute atomic E-state index is 0.815. The number of rotatable bonds is 3. The van der Waals surface area contributed by atoms with Gasteiger partial charge >= 0.3 is 0 Å². The summed E-state index contributed by atoms with van der Waals surface area (Å²) in [5.41, 5.74) is 4.02. The van der Waals surface area contributed by atoms with Crippen molar-refractivity contribution >= 4 is 33.1 Å². The second-order valence-electron chi connectivity index (χ2n) is 5.28. The highest BCUT2D eigenvalue weighted by molar-refractivity contribution is 7.16. The van der Waals surface area contributed by atoms with Crippen molar-refractivity contribution in [2.45, 2.75) is 13.8 Å². The molecule has 0 radical (unpaired) electrons. The van der Waals surface area contributed by atoms with Gasteiger partial charge in [-0.3, -0.25) is 0 Å². The second kappa shape index (κ2) is 5.48. The van der Waals surface area contributed by atoms with Crippen molar-refractivity contribution in [2.24, 2.45) is 0 Å². The summed E-state index contributed by atoms with van der Waals surface area (Å²) in [4.78, 5) is 9.65. The monoisotopic (exact) mass is 321 g/mol. The van der Waals surface area contributed by atoms with E-state index in [1.165, 1.54) is 0 Å². The van der Waals surface area contributed by atoms with Gasteiger partial charge < -0.3 is 5.32 Å². The van der Waals surface area contributed by atoms with Crippen molar-refractivity contribution < 1.29 is 0 Å². The Bertz CT molecular complexity index is 971. The first kappa shape index (κ1) is 13.9. The van der Waals surface area contributed by atoms with Crippen LogP contribution in [0.3, 0.4) is 0 Å². The van der Waals surface area contributed by atoms with Gasteiger partial charge in [0.15, 0.2) is 0 Å². The molecule has 0 bridgehead atoms. The average molecular weight is 321 g/mol. The summed E-state index contributed by atoms with van der Waals surface area (Å²) in [5, 5.41) is 11.1. The lowest BCUT2D eigenvalue weighted by atomic mass is 10.2. The van der Waals surface area contributed by atoms with Crippen molar-refractivity contribution in [3.63, 3.8) is 0 Å². The fourth-order valence-corrected chi connectivity index (χ4v) is 3.38. The minimum atomic E-state index is 0.815. The van der Waals surface area contributed by atoms with Gasteiger partial charge in [-0.15, -0.1) is 11.3 Å². The van der Waals surface area contributed by atoms with E-state index in [4.69, 9.17) is 0 Å². The molecule has 3 aromatic heterocycles. The van der Waals surface area contributed by atoms with Crippen LogP contribution in [0.5, 0.6) is 0 Å². The van der Waals surface area contributed by atoms with Crippen LogP contribution in [0.1, 0.15) is 11.4 Å². The Morgan fingerprint density at radius 3 is 2.70 bits per heavy atom. The highest BCUT2D eigenvalue weighted by Gasteiger charge is 2.14. The third-order valence-electron chi connectivity index (χ3n) is 3.80. The van der Waals surface area contributed by atoms with Gasteiger partial charge in [-0.2, -0.15) is 5.10 Å². The van der Waals surface area contributed by atoms with Crippen LogP contribution >= 0.6 is 11.3 Å². The smallest absolute Gasteiger partial charge is 0.142 e. The van der Waals surface area contributed by atoms with Crippen molar-refractivity contribution in [1.29, 1.82) is 0 Å². The Morgan fingerprint density at radius 2 is 1.87 bits per heavy atom. The van der Waals surface area contributed by atoms with Crippen LogP contribution < -0.4 is 5.32 Å². The molecule has 0 saturated heterocycles. The van der Waals surface area contributed by atoms with Gasteiger partial charge in [-0.1, -0.05) is 18.2 Å². The minimum Gasteiger partial charge on any atom is -0.337 e.